The molecule has 28 atom stereocenters. The fourth-order valence-electron chi connectivity index (χ4n) is 10.8. The highest BCUT2D eigenvalue weighted by atomic mass is 32.2. The van der Waals surface area contributed by atoms with Crippen molar-refractivity contribution in [2.45, 2.75) is 245 Å². The number of ether oxygens (including phenoxy) is 11. The van der Waals surface area contributed by atoms with E-state index in [1.165, 1.54) is 32.7 Å². The molecule has 0 aliphatic carbocycles. The number of aliphatic hydroxyl groups excluding tert-OH is 7. The van der Waals surface area contributed by atoms with Crippen LogP contribution in [0.5, 0.6) is 0 Å². The Bertz CT molecular complexity index is 2520. The van der Waals surface area contributed by atoms with Gasteiger partial charge in [-0.05, 0) is 19.1 Å². The number of thiol groups is 1. The van der Waals surface area contributed by atoms with Crippen LogP contribution < -0.4 is 21.7 Å². The highest BCUT2D eigenvalue weighted by Gasteiger charge is 2.57. The van der Waals surface area contributed by atoms with Crippen molar-refractivity contribution in [3.8, 4) is 0 Å². The van der Waals surface area contributed by atoms with Gasteiger partial charge < -0.3 is 125 Å². The summed E-state index contributed by atoms with van der Waals surface area (Å²) < 4.78 is 63.2. The first-order valence-corrected chi connectivity index (χ1v) is 32.0. The van der Waals surface area contributed by atoms with Gasteiger partial charge in [0, 0.05) is 64.0 Å². The second-order valence-corrected chi connectivity index (χ2v) is 24.5. The van der Waals surface area contributed by atoms with E-state index in [1.54, 1.807) is 0 Å². The van der Waals surface area contributed by atoms with Crippen LogP contribution in [0.25, 0.3) is 0 Å². The predicted octanol–water partition coefficient (Wildman–Crippen LogP) is -6.50. The largest absolute Gasteiger partial charge is 0.479 e. The number of nitrogens with one attached hydrogen (secondary N) is 3. The van der Waals surface area contributed by atoms with Crippen molar-refractivity contribution in [2.24, 2.45) is 5.73 Å². The standard InChI is InChI=1S/C54H86N4O35S2/c1-7-33(63)78-16-31-28(90-92-53-39(69)37(67)42(45(87-53)48(73)74)85-50-24(56-20(3)60)12-27(89-77-6)30(15-59)81-50)13-26(58-22(5)62)52(82-31)86-43-38(68)40(70)54(88-46(43)49(75)76)93-91-29-14-25(57-21(4)61)51(84-41-36(66)35(65)19(2)80-44(41)47(71)72)83-32(29)17-79-34(64)9-11-95-18-23(55)8-10-94/h19,23-32,35-46,50-54,59,65-70,94H,7-18,55H2,1-6H3,(H,56,60)(H,57,61)(H,58,62)(H,71,72)(H,73,74)(H,75,76)/t19?,23-,24-,25?,26?,27-,28-,29-,30-,31-,32?,35?,36?,37?,38?,39?,40?,41+,42+,43+,44?,45?,46?,50?,51-,52?,53?,54?/m0/s1. The van der Waals surface area contributed by atoms with Crippen LogP contribution in [0.15, 0.2) is 0 Å². The number of esters is 2. The Hall–Kier alpha value is -4.46. The molecule has 39 nitrogen and oxygen atoms in total. The number of amides is 3. The lowest BCUT2D eigenvalue weighted by Crippen LogP contribution is -2.65. The highest BCUT2D eigenvalue weighted by molar-refractivity contribution is 7.99. The summed E-state index contributed by atoms with van der Waals surface area (Å²) >= 11 is 5.54. The van der Waals surface area contributed by atoms with Crippen LogP contribution >= 0.6 is 24.4 Å². The minimum Gasteiger partial charge on any atom is -0.479 e. The Kier molecular flexibility index (Phi) is 31.5. The van der Waals surface area contributed by atoms with Gasteiger partial charge in [-0.1, -0.05) is 6.92 Å². The van der Waals surface area contributed by atoms with Crippen LogP contribution in [0.1, 0.15) is 73.1 Å². The Morgan fingerprint density at radius 3 is 1.32 bits per heavy atom. The maximum absolute atomic E-state index is 13.1. The van der Waals surface area contributed by atoms with Gasteiger partial charge in [0.05, 0.1) is 44.4 Å². The Labute approximate surface area is 551 Å². The number of carbonyl (C=O) groups excluding carboxylic acids is 5. The molecule has 0 spiro atoms. The molecule has 41 heteroatoms. The van der Waals surface area contributed by atoms with Gasteiger partial charge in [0.25, 0.3) is 0 Å². The number of carboxylic acid groups (broad SMARTS) is 3. The molecule has 6 saturated heterocycles. The van der Waals surface area contributed by atoms with Crippen molar-refractivity contribution in [2.75, 3.05) is 44.2 Å². The summed E-state index contributed by atoms with van der Waals surface area (Å²) in [5.74, 6) is -7.59. The molecule has 544 valence electrons. The fourth-order valence-corrected chi connectivity index (χ4v) is 12.1. The summed E-state index contributed by atoms with van der Waals surface area (Å²) in [6.45, 7) is 3.95. The van der Waals surface area contributed by atoms with E-state index in [-0.39, 0.29) is 31.1 Å². The number of hydrogen-bond acceptors (Lipinski definition) is 35. The molecule has 0 aromatic heterocycles. The molecule has 0 aromatic carbocycles. The van der Waals surface area contributed by atoms with Crippen LogP contribution in [0.4, 0.5) is 0 Å². The molecule has 95 heavy (non-hydrogen) atoms. The average molecular weight is 1420 g/mol. The van der Waals surface area contributed by atoms with Gasteiger partial charge in [0.2, 0.25) is 30.3 Å². The predicted molar refractivity (Wildman–Crippen MR) is 309 cm³/mol. The van der Waals surface area contributed by atoms with Gasteiger partial charge in [-0.2, -0.15) is 24.4 Å². The molecule has 6 aliphatic heterocycles. The Balaban J connectivity index is 1.18. The van der Waals surface area contributed by atoms with E-state index in [0.717, 1.165) is 20.8 Å². The van der Waals surface area contributed by atoms with Crippen molar-refractivity contribution in [1.29, 1.82) is 0 Å². The Morgan fingerprint density at radius 1 is 0.547 bits per heavy atom. The summed E-state index contributed by atoms with van der Waals surface area (Å²) in [6, 6.07) is -4.13. The summed E-state index contributed by atoms with van der Waals surface area (Å²) in [7, 11) is 1.18. The number of nitrogens with two attached hydrogens (primary N) is 1. The molecule has 0 saturated carbocycles. The third-order valence-corrected chi connectivity index (χ3v) is 17.1. The number of hydrogen-bond donors (Lipinski definition) is 15. The van der Waals surface area contributed by atoms with Gasteiger partial charge in [-0.25, -0.2) is 43.7 Å². The van der Waals surface area contributed by atoms with Crippen molar-refractivity contribution in [3.63, 3.8) is 0 Å². The smallest absolute Gasteiger partial charge is 0.335 e. The number of aliphatic carboxylic acids is 3. The molecule has 0 radical (unpaired) electrons. The van der Waals surface area contributed by atoms with Crippen molar-refractivity contribution in [1.82, 2.24) is 16.0 Å². The zero-order chi connectivity index (χ0) is 70.1. The lowest BCUT2D eigenvalue weighted by atomic mass is 9.94. The Morgan fingerprint density at radius 2 is 0.937 bits per heavy atom. The molecule has 0 bridgehead atoms. The topological polar surface area (TPSA) is 558 Å². The van der Waals surface area contributed by atoms with Crippen molar-refractivity contribution < 1.29 is 171 Å². The fraction of sp³-hybridized carbons (Fsp3) is 0.852. The molecule has 3 amide bonds. The molecule has 6 fully saturated rings. The molecular formula is C54H86N4O35S2. The monoisotopic (exact) mass is 1410 g/mol. The SMILES string of the molecule is CCC(=O)OC[C@@H]1OC(O[C@H]2C(C(=O)O)OC(OO[C@H]3CC(NC(C)=O)[C@H](O[C@H]4C(C(=O)O)OC(C)C(O)C4O)OC3COC(=O)CCSC[C@@H](N)CCS)C(O)C2O)C(NC(C)=O)C[C@@H]1OOC1OC(C(=O)O)[C@H](OC2O[C@@H](CO)[C@@H](OOC)C[C@@H]2NC(C)=O)C(O)C1O. The van der Waals surface area contributed by atoms with Crippen LogP contribution in [-0.4, -0.2) is 314 Å². The van der Waals surface area contributed by atoms with E-state index in [0.29, 0.717) is 17.9 Å². The van der Waals surface area contributed by atoms with Crippen LogP contribution in [0, 0.1) is 0 Å². The third kappa shape index (κ3) is 22.0. The lowest BCUT2D eigenvalue weighted by molar-refractivity contribution is -0.461. The van der Waals surface area contributed by atoms with E-state index in [9.17, 15) is 89.4 Å². The number of aliphatic hydroxyl groups is 7. The second-order valence-electron chi connectivity index (χ2n) is 22.9. The number of carbonyl (C=O) groups is 8. The summed E-state index contributed by atoms with van der Waals surface area (Å²) in [4.78, 5) is 133. The maximum Gasteiger partial charge on any atom is 0.335 e. The van der Waals surface area contributed by atoms with Gasteiger partial charge >= 0.3 is 29.8 Å². The number of rotatable bonds is 33. The minimum absolute atomic E-state index is 0.125. The molecule has 6 heterocycles. The van der Waals surface area contributed by atoms with Crippen LogP contribution in [-0.2, 0) is 120 Å². The van der Waals surface area contributed by atoms with E-state index in [1.807, 2.05) is 0 Å². The zero-order valence-corrected chi connectivity index (χ0v) is 54.0. The van der Waals surface area contributed by atoms with Crippen LogP contribution in [0.2, 0.25) is 0 Å². The summed E-state index contributed by atoms with van der Waals surface area (Å²) in [6.07, 6.45) is -45.0. The quantitative estimate of drug-likeness (QED) is 0.00955. The molecule has 6 rings (SSSR count). The van der Waals surface area contributed by atoms with Gasteiger partial charge in [0.15, 0.2) is 37.2 Å². The van der Waals surface area contributed by atoms with E-state index >= 15 is 0 Å². The summed E-state index contributed by atoms with van der Waals surface area (Å²) in [5, 5.41) is 116. The van der Waals surface area contributed by atoms with Crippen LogP contribution in [0.3, 0.4) is 0 Å². The first-order valence-electron chi connectivity index (χ1n) is 30.2. The van der Waals surface area contributed by atoms with E-state index in [4.69, 9.17) is 87.2 Å². The van der Waals surface area contributed by atoms with Gasteiger partial charge in [0.1, 0.15) is 105 Å². The number of thioether (sulfide) groups is 1. The molecule has 17 unspecified atom stereocenters. The molecule has 0 aromatic rings. The van der Waals surface area contributed by atoms with Gasteiger partial charge in [-0.15, -0.1) is 0 Å². The van der Waals surface area contributed by atoms with Crippen molar-refractivity contribution >= 4 is 72.0 Å². The highest BCUT2D eigenvalue weighted by Crippen LogP contribution is 2.36. The van der Waals surface area contributed by atoms with Crippen molar-refractivity contribution in [3.05, 3.63) is 0 Å². The zero-order valence-electron chi connectivity index (χ0n) is 52.3. The first-order chi connectivity index (χ1) is 45.0. The number of carboxylic acids is 3. The first kappa shape index (κ1) is 79.5. The minimum atomic E-state index is -2.34. The van der Waals surface area contributed by atoms with E-state index in [2.05, 4.69) is 28.6 Å². The molecule has 6 aliphatic rings. The van der Waals surface area contributed by atoms with Gasteiger partial charge in [-0.3, -0.25) is 24.0 Å². The van der Waals surface area contributed by atoms with E-state index < -0.39 is 246 Å². The normalized spacial score (nSPS) is 38.6. The average Bonchev–Trinajstić information content (AvgIpc) is 0.812. The molecule has 15 N–H and O–H groups in total. The molecular weight excluding hydrogens is 1330 g/mol. The third-order valence-electron chi connectivity index (χ3n) is 15.6. The lowest BCUT2D eigenvalue weighted by Gasteiger charge is -2.46. The summed E-state index contributed by atoms with van der Waals surface area (Å²) in [5.41, 5.74) is 6.05. The maximum atomic E-state index is 13.1. The second kappa shape index (κ2) is 37.7.